The Morgan fingerprint density at radius 1 is 1.06 bits per heavy atom. The molecule has 1 saturated carbocycles. The van der Waals surface area contributed by atoms with Gasteiger partial charge < -0.3 is 10.2 Å². The molecule has 1 fully saturated rings. The fraction of sp³-hybridized carbons (Fsp3) is 1.00. The SMILES string of the molecule is CN(C)C1(CNCCC(C)(C)C)CCCCC1. The van der Waals surface area contributed by atoms with Gasteiger partial charge in [0.1, 0.15) is 0 Å². The van der Waals surface area contributed by atoms with Crippen LogP contribution in [0.5, 0.6) is 0 Å². The Balaban J connectivity index is 2.35. The Kier molecular flexibility index (Phi) is 5.46. The Bertz CT molecular complexity index is 209. The summed E-state index contributed by atoms with van der Waals surface area (Å²) < 4.78 is 0. The first-order valence-electron chi connectivity index (χ1n) is 7.24. The highest BCUT2D eigenvalue weighted by atomic mass is 15.2. The maximum absolute atomic E-state index is 3.69. The quantitative estimate of drug-likeness (QED) is 0.742. The average molecular weight is 240 g/mol. The molecule has 17 heavy (non-hydrogen) atoms. The second-order valence-electron chi connectivity index (χ2n) is 7.17. The van der Waals surface area contributed by atoms with Gasteiger partial charge in [0.25, 0.3) is 0 Å². The van der Waals surface area contributed by atoms with Gasteiger partial charge in [-0.15, -0.1) is 0 Å². The van der Waals surface area contributed by atoms with Crippen molar-refractivity contribution < 1.29 is 0 Å². The van der Waals surface area contributed by atoms with Crippen LogP contribution in [0, 0.1) is 5.41 Å². The Hall–Kier alpha value is -0.0800. The number of rotatable bonds is 5. The number of likely N-dealkylation sites (N-methyl/N-ethyl adjacent to an activating group) is 1. The van der Waals surface area contributed by atoms with Crippen LogP contribution in [0.4, 0.5) is 0 Å². The molecule has 0 bridgehead atoms. The lowest BCUT2D eigenvalue weighted by Crippen LogP contribution is -2.53. The Morgan fingerprint density at radius 3 is 2.12 bits per heavy atom. The molecule has 102 valence electrons. The minimum absolute atomic E-state index is 0.427. The Morgan fingerprint density at radius 2 is 1.65 bits per heavy atom. The van der Waals surface area contributed by atoms with Gasteiger partial charge in [-0.25, -0.2) is 0 Å². The van der Waals surface area contributed by atoms with Gasteiger partial charge in [-0.1, -0.05) is 40.0 Å². The predicted molar refractivity (Wildman–Crippen MR) is 76.4 cm³/mol. The minimum atomic E-state index is 0.427. The van der Waals surface area contributed by atoms with Crippen molar-refractivity contribution in [1.82, 2.24) is 10.2 Å². The van der Waals surface area contributed by atoms with Crippen LogP contribution in [0.1, 0.15) is 59.3 Å². The minimum Gasteiger partial charge on any atom is -0.315 e. The van der Waals surface area contributed by atoms with Crippen molar-refractivity contribution in [3.8, 4) is 0 Å². The van der Waals surface area contributed by atoms with Gasteiger partial charge in [0.05, 0.1) is 0 Å². The lowest BCUT2D eigenvalue weighted by molar-refractivity contribution is 0.0979. The summed E-state index contributed by atoms with van der Waals surface area (Å²) in [5, 5.41) is 3.69. The van der Waals surface area contributed by atoms with Gasteiger partial charge in [0.15, 0.2) is 0 Å². The molecule has 0 amide bonds. The van der Waals surface area contributed by atoms with Crippen molar-refractivity contribution in [2.24, 2.45) is 5.41 Å². The molecule has 0 aliphatic heterocycles. The molecule has 0 atom stereocenters. The van der Waals surface area contributed by atoms with Crippen LogP contribution in [-0.2, 0) is 0 Å². The zero-order chi connectivity index (χ0) is 12.9. The van der Waals surface area contributed by atoms with Gasteiger partial charge in [-0.3, -0.25) is 0 Å². The van der Waals surface area contributed by atoms with E-state index < -0.39 is 0 Å². The topological polar surface area (TPSA) is 15.3 Å². The molecular formula is C15H32N2. The van der Waals surface area contributed by atoms with E-state index in [9.17, 15) is 0 Å². The van der Waals surface area contributed by atoms with Gasteiger partial charge in [-0.2, -0.15) is 0 Å². The maximum atomic E-state index is 3.69. The summed E-state index contributed by atoms with van der Waals surface area (Å²) in [4.78, 5) is 2.45. The molecule has 0 spiro atoms. The standard InChI is InChI=1S/C15H32N2/c1-14(2,3)11-12-16-13-15(17(4)5)9-7-6-8-10-15/h16H,6-13H2,1-5H3. The van der Waals surface area contributed by atoms with Crippen LogP contribution in [0.3, 0.4) is 0 Å². The zero-order valence-corrected chi connectivity index (χ0v) is 12.6. The molecule has 0 aromatic heterocycles. The van der Waals surface area contributed by atoms with Crippen molar-refractivity contribution in [3.63, 3.8) is 0 Å². The van der Waals surface area contributed by atoms with Crippen LogP contribution in [-0.4, -0.2) is 37.6 Å². The zero-order valence-electron chi connectivity index (χ0n) is 12.6. The van der Waals surface area contributed by atoms with Crippen LogP contribution < -0.4 is 5.32 Å². The van der Waals surface area contributed by atoms with E-state index in [4.69, 9.17) is 0 Å². The third-order valence-corrected chi connectivity index (χ3v) is 4.24. The lowest BCUT2D eigenvalue weighted by Gasteiger charge is -2.43. The summed E-state index contributed by atoms with van der Waals surface area (Å²) in [5.74, 6) is 0. The first-order valence-corrected chi connectivity index (χ1v) is 7.24. The van der Waals surface area contributed by atoms with Crippen LogP contribution in [0.15, 0.2) is 0 Å². The van der Waals surface area contributed by atoms with Crippen LogP contribution in [0.2, 0.25) is 0 Å². The van der Waals surface area contributed by atoms with Crippen LogP contribution in [0.25, 0.3) is 0 Å². The molecule has 0 aromatic carbocycles. The molecule has 0 aromatic rings. The van der Waals surface area contributed by atoms with E-state index in [1.165, 1.54) is 38.5 Å². The third kappa shape index (κ3) is 4.97. The third-order valence-electron chi connectivity index (χ3n) is 4.24. The Labute approximate surface area is 108 Å². The second kappa shape index (κ2) is 6.19. The summed E-state index contributed by atoms with van der Waals surface area (Å²) >= 11 is 0. The average Bonchev–Trinajstić information content (AvgIpc) is 2.24. The second-order valence-corrected chi connectivity index (χ2v) is 7.17. The monoisotopic (exact) mass is 240 g/mol. The summed E-state index contributed by atoms with van der Waals surface area (Å²) in [7, 11) is 4.49. The van der Waals surface area contributed by atoms with Gasteiger partial charge in [-0.05, 0) is 45.3 Å². The largest absolute Gasteiger partial charge is 0.315 e. The molecule has 0 unspecified atom stereocenters. The van der Waals surface area contributed by atoms with E-state index in [-0.39, 0.29) is 0 Å². The van der Waals surface area contributed by atoms with Crippen molar-refractivity contribution in [2.75, 3.05) is 27.2 Å². The number of nitrogens with one attached hydrogen (secondary N) is 1. The summed E-state index contributed by atoms with van der Waals surface area (Å²) in [6.07, 6.45) is 8.22. The predicted octanol–water partition coefficient (Wildman–Crippen LogP) is 3.28. The molecule has 1 rings (SSSR count). The summed E-state index contributed by atoms with van der Waals surface area (Å²) in [6, 6.07) is 0. The van der Waals surface area contributed by atoms with E-state index in [1.807, 2.05) is 0 Å². The molecule has 2 heteroatoms. The number of nitrogens with zero attached hydrogens (tertiary/aromatic N) is 1. The smallest absolute Gasteiger partial charge is 0.0327 e. The molecule has 0 saturated heterocycles. The van der Waals surface area contributed by atoms with E-state index in [0.717, 1.165) is 13.1 Å². The first-order chi connectivity index (χ1) is 7.86. The summed E-state index contributed by atoms with van der Waals surface area (Å²) in [6.45, 7) is 9.26. The van der Waals surface area contributed by atoms with Crippen molar-refractivity contribution in [1.29, 1.82) is 0 Å². The van der Waals surface area contributed by atoms with Crippen molar-refractivity contribution in [3.05, 3.63) is 0 Å². The molecular weight excluding hydrogens is 208 g/mol. The van der Waals surface area contributed by atoms with Gasteiger partial charge >= 0.3 is 0 Å². The maximum Gasteiger partial charge on any atom is 0.0327 e. The highest BCUT2D eigenvalue weighted by Gasteiger charge is 2.33. The number of hydrogen-bond acceptors (Lipinski definition) is 2. The van der Waals surface area contributed by atoms with Crippen LogP contribution >= 0.6 is 0 Å². The van der Waals surface area contributed by atoms with Crippen molar-refractivity contribution in [2.45, 2.75) is 64.8 Å². The summed E-state index contributed by atoms with van der Waals surface area (Å²) in [5.41, 5.74) is 0.876. The first kappa shape index (κ1) is 15.0. The van der Waals surface area contributed by atoms with Gasteiger partial charge in [0.2, 0.25) is 0 Å². The van der Waals surface area contributed by atoms with Gasteiger partial charge in [0, 0.05) is 12.1 Å². The van der Waals surface area contributed by atoms with E-state index >= 15 is 0 Å². The van der Waals surface area contributed by atoms with E-state index in [2.05, 4.69) is 45.1 Å². The normalized spacial score (nSPS) is 20.8. The molecule has 1 N–H and O–H groups in total. The fourth-order valence-electron chi connectivity index (χ4n) is 2.78. The molecule has 0 heterocycles. The molecule has 2 nitrogen and oxygen atoms in total. The highest BCUT2D eigenvalue weighted by molar-refractivity contribution is 4.92. The molecule has 1 aliphatic carbocycles. The lowest BCUT2D eigenvalue weighted by atomic mass is 9.80. The highest BCUT2D eigenvalue weighted by Crippen LogP contribution is 2.31. The van der Waals surface area contributed by atoms with Crippen molar-refractivity contribution >= 4 is 0 Å². The molecule has 1 aliphatic rings. The van der Waals surface area contributed by atoms with E-state index in [1.54, 1.807) is 0 Å². The molecule has 0 radical (unpaired) electrons. The number of hydrogen-bond donors (Lipinski definition) is 1. The van der Waals surface area contributed by atoms with E-state index in [0.29, 0.717) is 11.0 Å². The fourth-order valence-corrected chi connectivity index (χ4v) is 2.78.